The molecule has 3 rings (SSSR count). The van der Waals surface area contributed by atoms with Crippen molar-refractivity contribution in [2.24, 2.45) is 5.92 Å². The number of carbonyl (C=O) groups excluding carboxylic acids is 1. The fourth-order valence-electron chi connectivity index (χ4n) is 2.45. The predicted octanol–water partition coefficient (Wildman–Crippen LogP) is 1.16. The van der Waals surface area contributed by atoms with Gasteiger partial charge in [-0.3, -0.25) is 4.79 Å². The monoisotopic (exact) mass is 286 g/mol. The SMILES string of the molecule is O=C(NC(CCO)C1CC1)c1cccc(-n2ccnn2)c1. The third-order valence-electron chi connectivity index (χ3n) is 3.74. The minimum Gasteiger partial charge on any atom is -0.396 e. The van der Waals surface area contributed by atoms with Crippen molar-refractivity contribution in [1.82, 2.24) is 20.3 Å². The first kappa shape index (κ1) is 13.8. The van der Waals surface area contributed by atoms with Crippen molar-refractivity contribution in [3.8, 4) is 5.69 Å². The van der Waals surface area contributed by atoms with E-state index in [9.17, 15) is 4.79 Å². The fraction of sp³-hybridized carbons (Fsp3) is 0.400. The lowest BCUT2D eigenvalue weighted by Crippen LogP contribution is -2.37. The summed E-state index contributed by atoms with van der Waals surface area (Å²) < 4.78 is 1.61. The highest BCUT2D eigenvalue weighted by atomic mass is 16.3. The van der Waals surface area contributed by atoms with E-state index >= 15 is 0 Å². The van der Waals surface area contributed by atoms with Gasteiger partial charge >= 0.3 is 0 Å². The molecule has 21 heavy (non-hydrogen) atoms. The minimum atomic E-state index is -0.109. The Balaban J connectivity index is 1.73. The molecule has 2 N–H and O–H groups in total. The molecule has 0 spiro atoms. The Hall–Kier alpha value is -2.21. The van der Waals surface area contributed by atoms with Gasteiger partial charge in [-0.25, -0.2) is 4.68 Å². The van der Waals surface area contributed by atoms with E-state index in [0.717, 1.165) is 18.5 Å². The molecule has 1 fully saturated rings. The molecular formula is C15H18N4O2. The zero-order chi connectivity index (χ0) is 14.7. The van der Waals surface area contributed by atoms with Gasteiger partial charge in [-0.15, -0.1) is 5.10 Å². The van der Waals surface area contributed by atoms with Crippen molar-refractivity contribution in [3.05, 3.63) is 42.2 Å². The van der Waals surface area contributed by atoms with Crippen molar-refractivity contribution in [3.63, 3.8) is 0 Å². The van der Waals surface area contributed by atoms with Crippen LogP contribution < -0.4 is 5.32 Å². The van der Waals surface area contributed by atoms with Crippen LogP contribution in [0.4, 0.5) is 0 Å². The molecular weight excluding hydrogens is 268 g/mol. The Labute approximate surface area is 122 Å². The molecule has 1 amide bonds. The average molecular weight is 286 g/mol. The minimum absolute atomic E-state index is 0.0672. The van der Waals surface area contributed by atoms with Gasteiger partial charge in [-0.05, 0) is 43.4 Å². The zero-order valence-corrected chi connectivity index (χ0v) is 11.6. The van der Waals surface area contributed by atoms with Crippen LogP contribution in [-0.4, -0.2) is 38.7 Å². The van der Waals surface area contributed by atoms with Crippen LogP contribution in [0, 0.1) is 5.92 Å². The quantitative estimate of drug-likeness (QED) is 0.835. The summed E-state index contributed by atoms with van der Waals surface area (Å²) in [7, 11) is 0. The van der Waals surface area contributed by atoms with Gasteiger partial charge in [0.15, 0.2) is 0 Å². The lowest BCUT2D eigenvalue weighted by molar-refractivity contribution is 0.0924. The van der Waals surface area contributed by atoms with E-state index in [1.165, 1.54) is 0 Å². The first-order valence-electron chi connectivity index (χ1n) is 7.16. The highest BCUT2D eigenvalue weighted by molar-refractivity contribution is 5.94. The maximum absolute atomic E-state index is 12.3. The van der Waals surface area contributed by atoms with E-state index < -0.39 is 0 Å². The number of aromatic nitrogens is 3. The van der Waals surface area contributed by atoms with Gasteiger partial charge < -0.3 is 10.4 Å². The molecule has 1 unspecified atom stereocenters. The van der Waals surface area contributed by atoms with Crippen molar-refractivity contribution in [2.45, 2.75) is 25.3 Å². The number of nitrogens with zero attached hydrogens (tertiary/aromatic N) is 3. The second-order valence-electron chi connectivity index (χ2n) is 5.33. The van der Waals surface area contributed by atoms with Gasteiger partial charge in [-0.1, -0.05) is 11.3 Å². The fourth-order valence-corrected chi connectivity index (χ4v) is 2.45. The third-order valence-corrected chi connectivity index (χ3v) is 3.74. The molecule has 1 aliphatic rings. The molecule has 1 atom stereocenters. The highest BCUT2D eigenvalue weighted by Gasteiger charge is 2.31. The topological polar surface area (TPSA) is 80.0 Å². The van der Waals surface area contributed by atoms with E-state index in [2.05, 4.69) is 15.6 Å². The number of carbonyl (C=O) groups is 1. The van der Waals surface area contributed by atoms with Crippen LogP contribution in [0.2, 0.25) is 0 Å². The summed E-state index contributed by atoms with van der Waals surface area (Å²) in [6.07, 6.45) is 6.19. The lowest BCUT2D eigenvalue weighted by Gasteiger charge is -2.17. The Bertz CT molecular complexity index is 608. The van der Waals surface area contributed by atoms with Crippen LogP contribution in [0.15, 0.2) is 36.7 Å². The van der Waals surface area contributed by atoms with Gasteiger partial charge in [0.05, 0.1) is 18.1 Å². The van der Waals surface area contributed by atoms with Gasteiger partial charge in [0.1, 0.15) is 0 Å². The number of hydrogen-bond acceptors (Lipinski definition) is 4. The van der Waals surface area contributed by atoms with Crippen LogP contribution >= 0.6 is 0 Å². The Kier molecular flexibility index (Phi) is 3.96. The molecule has 6 heteroatoms. The van der Waals surface area contributed by atoms with Crippen LogP contribution in [0.3, 0.4) is 0 Å². The van der Waals surface area contributed by atoms with Gasteiger partial charge in [-0.2, -0.15) is 0 Å². The summed E-state index contributed by atoms with van der Waals surface area (Å²) >= 11 is 0. The normalized spacial score (nSPS) is 15.7. The Morgan fingerprint density at radius 2 is 2.33 bits per heavy atom. The van der Waals surface area contributed by atoms with Crippen molar-refractivity contribution in [1.29, 1.82) is 0 Å². The van der Waals surface area contributed by atoms with Crippen LogP contribution in [0.25, 0.3) is 5.69 Å². The summed E-state index contributed by atoms with van der Waals surface area (Å²) in [5.41, 5.74) is 1.39. The van der Waals surface area contributed by atoms with Gasteiger partial charge in [0.2, 0.25) is 0 Å². The summed E-state index contributed by atoms with van der Waals surface area (Å²) in [5, 5.41) is 19.8. The molecule has 110 valence electrons. The molecule has 1 heterocycles. The Morgan fingerprint density at radius 1 is 1.48 bits per heavy atom. The van der Waals surface area contributed by atoms with Crippen LogP contribution in [-0.2, 0) is 0 Å². The molecule has 1 aromatic heterocycles. The predicted molar refractivity (Wildman–Crippen MR) is 77.0 cm³/mol. The molecule has 0 bridgehead atoms. The van der Waals surface area contributed by atoms with Gasteiger partial charge in [0.25, 0.3) is 5.91 Å². The number of hydrogen-bond donors (Lipinski definition) is 2. The van der Waals surface area contributed by atoms with E-state index in [0.29, 0.717) is 17.9 Å². The first-order valence-corrected chi connectivity index (χ1v) is 7.16. The van der Waals surface area contributed by atoms with E-state index in [1.807, 2.05) is 12.1 Å². The summed E-state index contributed by atoms with van der Waals surface area (Å²) in [6, 6.07) is 7.32. The van der Waals surface area contributed by atoms with Crippen LogP contribution in [0.5, 0.6) is 0 Å². The molecule has 1 aliphatic carbocycles. The molecule has 0 saturated heterocycles. The highest BCUT2D eigenvalue weighted by Crippen LogP contribution is 2.34. The number of nitrogens with one attached hydrogen (secondary N) is 1. The molecule has 1 aromatic carbocycles. The standard InChI is InChI=1S/C15H18N4O2/c20-9-6-14(11-4-5-11)17-15(21)12-2-1-3-13(10-12)19-8-7-16-18-19/h1-3,7-8,10-11,14,20H,4-6,9H2,(H,17,21). The second-order valence-corrected chi connectivity index (χ2v) is 5.33. The smallest absolute Gasteiger partial charge is 0.251 e. The molecule has 6 nitrogen and oxygen atoms in total. The van der Waals surface area contributed by atoms with E-state index in [-0.39, 0.29) is 18.6 Å². The maximum atomic E-state index is 12.3. The summed E-state index contributed by atoms with van der Waals surface area (Å²) in [4.78, 5) is 12.3. The van der Waals surface area contributed by atoms with Crippen molar-refractivity contribution in [2.75, 3.05) is 6.61 Å². The molecule has 0 radical (unpaired) electrons. The summed E-state index contributed by atoms with van der Waals surface area (Å²) in [5.74, 6) is 0.405. The van der Waals surface area contributed by atoms with Crippen LogP contribution in [0.1, 0.15) is 29.6 Å². The van der Waals surface area contributed by atoms with Gasteiger partial charge in [0, 0.05) is 18.2 Å². The van der Waals surface area contributed by atoms with E-state index in [1.54, 1.807) is 29.2 Å². The number of rotatable bonds is 6. The zero-order valence-electron chi connectivity index (χ0n) is 11.6. The maximum Gasteiger partial charge on any atom is 0.251 e. The largest absolute Gasteiger partial charge is 0.396 e. The van der Waals surface area contributed by atoms with E-state index in [4.69, 9.17) is 5.11 Å². The number of amides is 1. The van der Waals surface area contributed by atoms with Crippen molar-refractivity contribution >= 4 is 5.91 Å². The molecule has 2 aromatic rings. The van der Waals surface area contributed by atoms with Crippen molar-refractivity contribution < 1.29 is 9.90 Å². The summed E-state index contributed by atoms with van der Waals surface area (Å²) in [6.45, 7) is 0.0977. The third kappa shape index (κ3) is 3.28. The molecule has 1 saturated carbocycles. The second kappa shape index (κ2) is 6.05. The molecule has 0 aliphatic heterocycles. The Morgan fingerprint density at radius 3 is 3.00 bits per heavy atom. The lowest BCUT2D eigenvalue weighted by atomic mass is 10.1. The number of aliphatic hydroxyl groups excluding tert-OH is 1. The number of benzene rings is 1. The number of aliphatic hydroxyl groups is 1. The first-order chi connectivity index (χ1) is 10.3. The average Bonchev–Trinajstić information content (AvgIpc) is 3.21.